The maximum absolute atomic E-state index is 8.74. The van der Waals surface area contributed by atoms with E-state index in [9.17, 15) is 0 Å². The zero-order valence-corrected chi connectivity index (χ0v) is 8.27. The summed E-state index contributed by atoms with van der Waals surface area (Å²) < 4.78 is 5.27. The zero-order chi connectivity index (χ0) is 8.81. The molecule has 0 aliphatic carbocycles. The first-order valence-corrected chi connectivity index (χ1v) is 5.57. The fraction of sp³-hybridized carbons (Fsp3) is 0.875. The van der Waals surface area contributed by atoms with Gasteiger partial charge in [-0.2, -0.15) is 0 Å². The number of rotatable bonds is 3. The second kappa shape index (κ2) is 5.50. The summed E-state index contributed by atoms with van der Waals surface area (Å²) in [4.78, 5) is 0. The molecule has 1 aliphatic heterocycles. The molecule has 0 N–H and O–H groups in total. The molecule has 0 saturated carbocycles. The van der Waals surface area contributed by atoms with Gasteiger partial charge >= 0.3 is 0 Å². The molecule has 1 saturated heterocycles. The highest BCUT2D eigenvalue weighted by molar-refractivity contribution is 7.93. The Morgan fingerprint density at radius 2 is 2.58 bits per heavy atom. The highest BCUT2D eigenvalue weighted by Gasteiger charge is 2.25. The van der Waals surface area contributed by atoms with Crippen LogP contribution in [0.3, 0.4) is 0 Å². The molecule has 1 fully saturated rings. The molecule has 1 unspecified atom stereocenters. The summed E-state index contributed by atoms with van der Waals surface area (Å²) in [5.41, 5.74) is 0. The van der Waals surface area contributed by atoms with Gasteiger partial charge in [-0.25, -0.2) is 5.26 Å². The van der Waals surface area contributed by atoms with Gasteiger partial charge in [-0.15, -0.1) is 0 Å². The fourth-order valence-electron chi connectivity index (χ4n) is 1.72. The summed E-state index contributed by atoms with van der Waals surface area (Å²) in [7, 11) is 0. The molecule has 4 heteroatoms. The first-order valence-electron chi connectivity index (χ1n) is 4.42. The van der Waals surface area contributed by atoms with Gasteiger partial charge in [-0.3, -0.25) is 0 Å². The SMILES string of the molecule is CSOCC1CCCB(C#N)C1. The number of nitrogens with zero attached hydrogens (tertiary/aromatic N) is 1. The molecule has 0 radical (unpaired) electrons. The molecule has 0 aromatic carbocycles. The van der Waals surface area contributed by atoms with Crippen molar-refractivity contribution in [3.63, 3.8) is 0 Å². The topological polar surface area (TPSA) is 33.0 Å². The first-order chi connectivity index (χ1) is 5.86. The molecular weight excluding hydrogens is 169 g/mol. The summed E-state index contributed by atoms with van der Waals surface area (Å²) in [5.74, 6) is 2.97. The third kappa shape index (κ3) is 3.08. The van der Waals surface area contributed by atoms with E-state index in [1.165, 1.54) is 24.9 Å². The van der Waals surface area contributed by atoms with E-state index in [-0.39, 0.29) is 6.71 Å². The van der Waals surface area contributed by atoms with E-state index in [0.29, 0.717) is 5.92 Å². The van der Waals surface area contributed by atoms with E-state index < -0.39 is 0 Å². The molecule has 2 nitrogen and oxygen atoms in total. The summed E-state index contributed by atoms with van der Waals surface area (Å²) in [5, 5.41) is 8.74. The van der Waals surface area contributed by atoms with Crippen molar-refractivity contribution in [2.45, 2.75) is 25.5 Å². The van der Waals surface area contributed by atoms with Crippen LogP contribution in [0.5, 0.6) is 0 Å². The Morgan fingerprint density at radius 1 is 1.75 bits per heavy atom. The second-order valence-electron chi connectivity index (χ2n) is 3.31. The number of hydrogen-bond donors (Lipinski definition) is 0. The molecule has 66 valence electrons. The second-order valence-corrected chi connectivity index (χ2v) is 3.88. The monoisotopic (exact) mass is 183 g/mol. The molecule has 12 heavy (non-hydrogen) atoms. The van der Waals surface area contributed by atoms with Gasteiger partial charge in [0, 0.05) is 12.2 Å². The standard InChI is InChI=1S/C8H14BNOS/c1-12-11-6-8-3-2-4-9(5-8)7-10/h8H,2-6H2,1H3. The van der Waals surface area contributed by atoms with Gasteiger partial charge in [-0.05, 0) is 24.4 Å². The molecule has 0 aromatic rings. The largest absolute Gasteiger partial charge is 0.315 e. The van der Waals surface area contributed by atoms with Crippen LogP contribution in [0.2, 0.25) is 12.6 Å². The van der Waals surface area contributed by atoms with Gasteiger partial charge < -0.3 is 4.18 Å². The van der Waals surface area contributed by atoms with Crippen LogP contribution in [0, 0.1) is 17.1 Å². The predicted octanol–water partition coefficient (Wildman–Crippen LogP) is 2.25. The molecule has 1 heterocycles. The minimum atomic E-state index is 0.286. The Labute approximate surface area is 78.9 Å². The van der Waals surface area contributed by atoms with Gasteiger partial charge in [0.15, 0.2) is 0 Å². The third-order valence-corrected chi connectivity index (χ3v) is 2.76. The lowest BCUT2D eigenvalue weighted by Gasteiger charge is -2.22. The molecule has 1 atom stereocenters. The predicted molar refractivity (Wildman–Crippen MR) is 53.2 cm³/mol. The lowest BCUT2D eigenvalue weighted by atomic mass is 9.41. The van der Waals surface area contributed by atoms with Crippen molar-refractivity contribution in [1.82, 2.24) is 0 Å². The van der Waals surface area contributed by atoms with E-state index in [1.807, 2.05) is 6.26 Å². The smallest absolute Gasteiger partial charge is 0.268 e. The van der Waals surface area contributed by atoms with Crippen molar-refractivity contribution in [2.75, 3.05) is 12.9 Å². The van der Waals surface area contributed by atoms with Crippen LogP contribution in [-0.2, 0) is 4.18 Å². The lowest BCUT2D eigenvalue weighted by molar-refractivity contribution is 0.285. The van der Waals surface area contributed by atoms with Crippen molar-refractivity contribution in [3.05, 3.63) is 0 Å². The summed E-state index contributed by atoms with van der Waals surface area (Å²) in [6, 6.07) is 0. The molecule has 0 aromatic heterocycles. The highest BCUT2D eigenvalue weighted by Crippen LogP contribution is 2.25. The molecule has 0 amide bonds. The third-order valence-electron chi connectivity index (χ3n) is 2.39. The van der Waals surface area contributed by atoms with Crippen molar-refractivity contribution in [3.8, 4) is 5.97 Å². The van der Waals surface area contributed by atoms with Gasteiger partial charge in [0.2, 0.25) is 0 Å². The van der Waals surface area contributed by atoms with Crippen molar-refractivity contribution < 1.29 is 4.18 Å². The van der Waals surface area contributed by atoms with Crippen LogP contribution in [-0.4, -0.2) is 19.6 Å². The van der Waals surface area contributed by atoms with Gasteiger partial charge in [0.05, 0.1) is 6.61 Å². The minimum absolute atomic E-state index is 0.286. The molecule has 0 spiro atoms. The van der Waals surface area contributed by atoms with Crippen LogP contribution < -0.4 is 0 Å². The maximum Gasteiger partial charge on any atom is 0.268 e. The molecule has 0 bridgehead atoms. The van der Waals surface area contributed by atoms with E-state index in [2.05, 4.69) is 5.97 Å². The molecular formula is C8H14BNOS. The summed E-state index contributed by atoms with van der Waals surface area (Å²) in [6.07, 6.45) is 6.49. The quantitative estimate of drug-likeness (QED) is 0.496. The van der Waals surface area contributed by atoms with Crippen LogP contribution in [0.1, 0.15) is 12.8 Å². The van der Waals surface area contributed by atoms with Crippen molar-refractivity contribution >= 4 is 18.8 Å². The van der Waals surface area contributed by atoms with E-state index >= 15 is 0 Å². The average molecular weight is 183 g/mol. The van der Waals surface area contributed by atoms with Crippen LogP contribution in [0.25, 0.3) is 0 Å². The summed E-state index contributed by atoms with van der Waals surface area (Å²) in [6.45, 7) is 1.11. The highest BCUT2D eigenvalue weighted by atomic mass is 32.2. The van der Waals surface area contributed by atoms with Crippen molar-refractivity contribution in [2.24, 2.45) is 5.92 Å². The van der Waals surface area contributed by atoms with Gasteiger partial charge in [0.25, 0.3) is 6.71 Å². The lowest BCUT2D eigenvalue weighted by Crippen LogP contribution is -2.23. The Hall–Kier alpha value is -0.135. The summed E-state index contributed by atoms with van der Waals surface area (Å²) >= 11 is 1.42. The first kappa shape index (κ1) is 9.95. The van der Waals surface area contributed by atoms with E-state index in [0.717, 1.165) is 19.2 Å². The average Bonchev–Trinajstić information content (AvgIpc) is 2.15. The molecule has 1 aliphatic rings. The van der Waals surface area contributed by atoms with Crippen LogP contribution >= 0.6 is 12.0 Å². The Bertz CT molecular complexity index is 171. The van der Waals surface area contributed by atoms with Gasteiger partial charge in [-0.1, -0.05) is 19.1 Å². The molecule has 1 rings (SSSR count). The Kier molecular flexibility index (Phi) is 4.56. The number of nitriles is 1. The van der Waals surface area contributed by atoms with Crippen LogP contribution in [0.4, 0.5) is 0 Å². The van der Waals surface area contributed by atoms with Gasteiger partial charge in [0.1, 0.15) is 0 Å². The van der Waals surface area contributed by atoms with E-state index in [1.54, 1.807) is 0 Å². The Morgan fingerprint density at radius 3 is 3.25 bits per heavy atom. The minimum Gasteiger partial charge on any atom is -0.315 e. The fourth-order valence-corrected chi connectivity index (χ4v) is 2.05. The zero-order valence-electron chi connectivity index (χ0n) is 7.45. The van der Waals surface area contributed by atoms with E-state index in [4.69, 9.17) is 9.44 Å². The van der Waals surface area contributed by atoms with Crippen LogP contribution in [0.15, 0.2) is 0 Å². The maximum atomic E-state index is 8.74. The number of hydrogen-bond acceptors (Lipinski definition) is 3. The Balaban J connectivity index is 2.22. The van der Waals surface area contributed by atoms with Crippen molar-refractivity contribution in [1.29, 1.82) is 5.26 Å². The normalized spacial score (nSPS) is 23.7.